The Kier molecular flexibility index (Phi) is 5.23. The van der Waals surface area contributed by atoms with E-state index in [1.165, 1.54) is 10.5 Å². The first-order chi connectivity index (χ1) is 13.9. The van der Waals surface area contributed by atoms with Gasteiger partial charge in [0.2, 0.25) is 5.91 Å². The molecule has 2 aliphatic heterocycles. The van der Waals surface area contributed by atoms with Crippen LogP contribution in [0.2, 0.25) is 5.02 Å². The van der Waals surface area contributed by atoms with Gasteiger partial charge < -0.3 is 9.47 Å². The molecule has 2 aromatic carbocycles. The normalized spacial score (nSPS) is 19.4. The van der Waals surface area contributed by atoms with Crippen LogP contribution in [-0.4, -0.2) is 43.5 Å². The Hall–Kier alpha value is -2.57. The van der Waals surface area contributed by atoms with Gasteiger partial charge in [0.25, 0.3) is 5.91 Å². The fourth-order valence-corrected chi connectivity index (χ4v) is 4.33. The molecule has 0 unspecified atom stereocenters. The highest BCUT2D eigenvalue weighted by Gasteiger charge is 2.44. The van der Waals surface area contributed by atoms with Crippen LogP contribution in [0.5, 0.6) is 11.5 Å². The zero-order valence-corrected chi connectivity index (χ0v) is 17.5. The maximum atomic E-state index is 13.2. The van der Waals surface area contributed by atoms with E-state index in [4.69, 9.17) is 21.1 Å². The van der Waals surface area contributed by atoms with Crippen molar-refractivity contribution in [3.8, 4) is 11.5 Å². The molecule has 0 aromatic heterocycles. The second-order valence-corrected chi connectivity index (χ2v) is 7.77. The van der Waals surface area contributed by atoms with Gasteiger partial charge in [0.15, 0.2) is 11.5 Å². The quantitative estimate of drug-likeness (QED) is 0.718. The van der Waals surface area contributed by atoms with Crippen molar-refractivity contribution in [2.45, 2.75) is 32.4 Å². The molecule has 4 rings (SSSR count). The smallest absolute Gasteiger partial charge is 0.251 e. The fourth-order valence-electron chi connectivity index (χ4n) is 4.16. The van der Waals surface area contributed by atoms with E-state index >= 15 is 0 Å². The van der Waals surface area contributed by atoms with Crippen LogP contribution in [0.1, 0.15) is 23.1 Å². The summed E-state index contributed by atoms with van der Waals surface area (Å²) in [5.74, 6) is 0.986. The molecule has 29 heavy (non-hydrogen) atoms. The summed E-state index contributed by atoms with van der Waals surface area (Å²) in [6.45, 7) is 3.11. The number of imide groups is 1. The lowest BCUT2D eigenvalue weighted by Gasteiger charge is -2.32. The molecular weight excluding hydrogens is 392 g/mol. The van der Waals surface area contributed by atoms with Gasteiger partial charge in [-0.15, -0.1) is 0 Å². The molecule has 7 heteroatoms. The number of fused-ring (bicyclic) bond motifs is 1. The number of hydrogen-bond acceptors (Lipinski definition) is 5. The molecule has 152 valence electrons. The SMILES string of the molecule is COc1cc2c(cc1OC)CN([C@H]1CC(=O)N(c3cccc(Cl)c3C)C1=O)CC2. The molecule has 1 saturated heterocycles. The maximum Gasteiger partial charge on any atom is 0.251 e. The van der Waals surface area contributed by atoms with Crippen molar-refractivity contribution in [1.29, 1.82) is 0 Å². The third-order valence-electron chi connectivity index (χ3n) is 5.79. The molecule has 0 radical (unpaired) electrons. The van der Waals surface area contributed by atoms with Gasteiger partial charge in [-0.2, -0.15) is 0 Å². The standard InChI is InChI=1S/C22H23ClN2O4/c1-13-16(23)5-4-6-17(13)25-21(26)11-18(22(25)27)24-8-7-14-9-19(28-2)20(29-3)10-15(14)12-24/h4-6,9-10,18H,7-8,11-12H2,1-3H3/t18-/m0/s1. The van der Waals surface area contributed by atoms with E-state index in [2.05, 4.69) is 4.90 Å². The van der Waals surface area contributed by atoms with Gasteiger partial charge in [-0.1, -0.05) is 17.7 Å². The molecule has 0 N–H and O–H groups in total. The number of amides is 2. The number of nitrogens with zero attached hydrogens (tertiary/aromatic N) is 2. The summed E-state index contributed by atoms with van der Waals surface area (Å²) in [5, 5.41) is 0.541. The van der Waals surface area contributed by atoms with Gasteiger partial charge in [-0.05, 0) is 54.3 Å². The molecule has 0 aliphatic carbocycles. The Morgan fingerprint density at radius 2 is 1.76 bits per heavy atom. The third kappa shape index (κ3) is 3.36. The van der Waals surface area contributed by atoms with Gasteiger partial charge in [0, 0.05) is 18.1 Å². The van der Waals surface area contributed by atoms with Crippen molar-refractivity contribution in [2.24, 2.45) is 0 Å². The molecule has 0 bridgehead atoms. The second-order valence-electron chi connectivity index (χ2n) is 7.37. The van der Waals surface area contributed by atoms with Gasteiger partial charge in [-0.3, -0.25) is 14.5 Å². The summed E-state index contributed by atoms with van der Waals surface area (Å²) in [6, 6.07) is 8.76. The van der Waals surface area contributed by atoms with Gasteiger partial charge in [0.05, 0.1) is 32.4 Å². The average molecular weight is 415 g/mol. The molecular formula is C22H23ClN2O4. The molecule has 2 heterocycles. The minimum absolute atomic E-state index is 0.174. The molecule has 2 aromatic rings. The first kappa shape index (κ1) is 19.7. The summed E-state index contributed by atoms with van der Waals surface area (Å²) in [4.78, 5) is 29.3. The first-order valence-electron chi connectivity index (χ1n) is 9.54. The van der Waals surface area contributed by atoms with Gasteiger partial charge >= 0.3 is 0 Å². The summed E-state index contributed by atoms with van der Waals surface area (Å²) in [5.41, 5.74) is 3.57. The Bertz CT molecular complexity index is 991. The highest BCUT2D eigenvalue weighted by Crippen LogP contribution is 2.36. The van der Waals surface area contributed by atoms with Crippen LogP contribution in [0, 0.1) is 6.92 Å². The average Bonchev–Trinajstić information content (AvgIpc) is 3.02. The molecule has 0 saturated carbocycles. The summed E-state index contributed by atoms with van der Waals surface area (Å²) in [7, 11) is 3.23. The van der Waals surface area contributed by atoms with Crippen LogP contribution >= 0.6 is 11.6 Å². The monoisotopic (exact) mass is 414 g/mol. The lowest BCUT2D eigenvalue weighted by molar-refractivity contribution is -0.123. The Morgan fingerprint density at radius 1 is 1.07 bits per heavy atom. The van der Waals surface area contributed by atoms with E-state index in [9.17, 15) is 9.59 Å². The van der Waals surface area contributed by atoms with Crippen LogP contribution in [0.15, 0.2) is 30.3 Å². The van der Waals surface area contributed by atoms with Crippen molar-refractivity contribution >= 4 is 29.1 Å². The van der Waals surface area contributed by atoms with Crippen LogP contribution in [0.4, 0.5) is 5.69 Å². The number of ether oxygens (including phenoxy) is 2. The largest absolute Gasteiger partial charge is 0.493 e. The number of benzene rings is 2. The van der Waals surface area contributed by atoms with E-state index in [1.807, 2.05) is 19.1 Å². The minimum atomic E-state index is -0.470. The fraction of sp³-hybridized carbons (Fsp3) is 0.364. The van der Waals surface area contributed by atoms with Gasteiger partial charge in [0.1, 0.15) is 0 Å². The Labute approximate surface area is 174 Å². The van der Waals surface area contributed by atoms with E-state index in [0.29, 0.717) is 35.3 Å². The van der Waals surface area contributed by atoms with Gasteiger partial charge in [-0.25, -0.2) is 4.90 Å². The predicted molar refractivity (Wildman–Crippen MR) is 111 cm³/mol. The van der Waals surface area contributed by atoms with Crippen molar-refractivity contribution in [2.75, 3.05) is 25.7 Å². The van der Waals surface area contributed by atoms with E-state index < -0.39 is 6.04 Å². The lowest BCUT2D eigenvalue weighted by Crippen LogP contribution is -2.44. The minimum Gasteiger partial charge on any atom is -0.493 e. The van der Waals surface area contributed by atoms with Crippen molar-refractivity contribution in [1.82, 2.24) is 4.90 Å². The van der Waals surface area contributed by atoms with E-state index in [1.54, 1.807) is 32.4 Å². The van der Waals surface area contributed by atoms with E-state index in [-0.39, 0.29) is 18.2 Å². The number of carbonyl (C=O) groups excluding carboxylic acids is 2. The Balaban J connectivity index is 1.60. The number of anilines is 1. The number of hydrogen-bond donors (Lipinski definition) is 0. The van der Waals surface area contributed by atoms with Crippen molar-refractivity contribution in [3.05, 3.63) is 52.0 Å². The zero-order chi connectivity index (χ0) is 20.7. The Morgan fingerprint density at radius 3 is 2.45 bits per heavy atom. The third-order valence-corrected chi connectivity index (χ3v) is 6.20. The number of methoxy groups -OCH3 is 2. The zero-order valence-electron chi connectivity index (χ0n) is 16.7. The topological polar surface area (TPSA) is 59.1 Å². The number of carbonyl (C=O) groups is 2. The van der Waals surface area contributed by atoms with Crippen molar-refractivity contribution < 1.29 is 19.1 Å². The molecule has 2 amide bonds. The number of halogens is 1. The summed E-state index contributed by atoms with van der Waals surface area (Å²) < 4.78 is 10.8. The number of rotatable bonds is 4. The van der Waals surface area contributed by atoms with Crippen LogP contribution in [0.25, 0.3) is 0 Å². The highest BCUT2D eigenvalue weighted by molar-refractivity contribution is 6.32. The molecule has 2 aliphatic rings. The second kappa shape index (κ2) is 7.69. The molecule has 6 nitrogen and oxygen atoms in total. The van der Waals surface area contributed by atoms with E-state index in [0.717, 1.165) is 17.5 Å². The van der Waals surface area contributed by atoms with Crippen molar-refractivity contribution in [3.63, 3.8) is 0 Å². The summed E-state index contributed by atoms with van der Waals surface area (Å²) >= 11 is 6.20. The summed E-state index contributed by atoms with van der Waals surface area (Å²) in [6.07, 6.45) is 0.956. The van der Waals surface area contributed by atoms with Crippen LogP contribution in [-0.2, 0) is 22.6 Å². The predicted octanol–water partition coefficient (Wildman–Crippen LogP) is 3.36. The first-order valence-corrected chi connectivity index (χ1v) is 9.92. The highest BCUT2D eigenvalue weighted by atomic mass is 35.5. The molecule has 0 spiro atoms. The molecule has 1 fully saturated rings. The lowest BCUT2D eigenvalue weighted by atomic mass is 9.97. The molecule has 1 atom stereocenters. The van der Waals surface area contributed by atoms with Crippen LogP contribution in [0.3, 0.4) is 0 Å². The van der Waals surface area contributed by atoms with Crippen LogP contribution < -0.4 is 14.4 Å². The maximum absolute atomic E-state index is 13.2.